The van der Waals surface area contributed by atoms with Crippen LogP contribution in [0.3, 0.4) is 0 Å². The second-order valence-electron chi connectivity index (χ2n) is 5.71. The molecule has 1 amide bonds. The first kappa shape index (κ1) is 21.1. The molecule has 3 N–H and O–H groups in total. The second kappa shape index (κ2) is 10.8. The molecule has 0 fully saturated rings. The molecular weight excluding hydrogens is 338 g/mol. The van der Waals surface area contributed by atoms with Gasteiger partial charge in [0.1, 0.15) is 18.5 Å². The van der Waals surface area contributed by atoms with E-state index in [1.54, 1.807) is 0 Å². The van der Waals surface area contributed by atoms with Gasteiger partial charge in [-0.3, -0.25) is 14.9 Å². The summed E-state index contributed by atoms with van der Waals surface area (Å²) in [7, 11) is 3.84. The highest BCUT2D eigenvalue weighted by Gasteiger charge is 2.06. The number of non-ortho nitro benzene ring substituents is 1. The molecule has 2 rings (SSSR count). The van der Waals surface area contributed by atoms with Crippen molar-refractivity contribution in [3.63, 3.8) is 0 Å². The van der Waals surface area contributed by atoms with Crippen molar-refractivity contribution < 1.29 is 19.6 Å². The number of aliphatic hydroxyl groups excluding tert-OH is 1. The van der Waals surface area contributed by atoms with Gasteiger partial charge in [0, 0.05) is 24.2 Å². The molecule has 1 unspecified atom stereocenters. The van der Waals surface area contributed by atoms with Crippen molar-refractivity contribution in [2.75, 3.05) is 27.2 Å². The molecule has 8 nitrogen and oxygen atoms in total. The first-order chi connectivity index (χ1) is 12.3. The zero-order chi connectivity index (χ0) is 19.5. The maximum Gasteiger partial charge on any atom is 0.269 e. The number of likely N-dealkylation sites (N-methyl/N-ethyl adjacent to an activating group) is 1. The van der Waals surface area contributed by atoms with Crippen molar-refractivity contribution in [1.29, 1.82) is 0 Å². The highest BCUT2D eigenvalue weighted by molar-refractivity contribution is 5.92. The number of hydrogen-bond donors (Lipinski definition) is 2. The average Bonchev–Trinajstić information content (AvgIpc) is 2.61. The van der Waals surface area contributed by atoms with Gasteiger partial charge < -0.3 is 20.5 Å². The molecule has 8 heteroatoms. The number of ether oxygens (including phenoxy) is 1. The van der Waals surface area contributed by atoms with Gasteiger partial charge in [-0.25, -0.2) is 0 Å². The minimum absolute atomic E-state index is 0.0556. The summed E-state index contributed by atoms with van der Waals surface area (Å²) in [6.07, 6.45) is -0.440. The van der Waals surface area contributed by atoms with Crippen molar-refractivity contribution in [3.05, 3.63) is 70.3 Å². The lowest BCUT2D eigenvalue weighted by Crippen LogP contribution is -2.30. The van der Waals surface area contributed by atoms with E-state index >= 15 is 0 Å². The van der Waals surface area contributed by atoms with Crippen LogP contribution in [0.4, 0.5) is 5.69 Å². The summed E-state index contributed by atoms with van der Waals surface area (Å²) in [4.78, 5) is 22.1. The van der Waals surface area contributed by atoms with Crippen LogP contribution in [0.15, 0.2) is 54.6 Å². The minimum Gasteiger partial charge on any atom is -0.491 e. The fourth-order valence-electron chi connectivity index (χ4n) is 1.93. The maximum atomic E-state index is 10.5. The summed E-state index contributed by atoms with van der Waals surface area (Å²) in [5, 5.41) is 19.7. The van der Waals surface area contributed by atoms with Crippen LogP contribution in [-0.4, -0.2) is 54.2 Å². The van der Waals surface area contributed by atoms with Crippen LogP contribution in [0, 0.1) is 10.1 Å². The molecule has 0 aliphatic heterocycles. The Balaban J connectivity index is 0.000000263. The van der Waals surface area contributed by atoms with E-state index < -0.39 is 16.9 Å². The third kappa shape index (κ3) is 8.22. The molecule has 2 aromatic rings. The number of carbonyl (C=O) groups is 1. The van der Waals surface area contributed by atoms with Gasteiger partial charge in [-0.2, -0.15) is 0 Å². The molecule has 140 valence electrons. The lowest BCUT2D eigenvalue weighted by atomic mass is 10.2. The Labute approximate surface area is 152 Å². The molecule has 1 atom stereocenters. The van der Waals surface area contributed by atoms with E-state index in [0.717, 1.165) is 5.75 Å². The number of rotatable bonds is 7. The van der Waals surface area contributed by atoms with E-state index in [9.17, 15) is 20.0 Å². The molecule has 0 aromatic heterocycles. The molecule has 0 spiro atoms. The standard InChI is InChI=1S/C11H17NO2.C7H6N2O3/c1-12(2)8-10(13)9-14-11-6-4-3-5-7-11;8-7(10)5-1-3-6(4-2-5)9(11)12/h3-7,10,13H,8-9H2,1-2H3;1-4H,(H2,8,10). The topological polar surface area (TPSA) is 119 Å². The number of para-hydroxylation sites is 1. The molecule has 2 aromatic carbocycles. The van der Waals surface area contributed by atoms with Crippen LogP contribution in [0.2, 0.25) is 0 Å². The monoisotopic (exact) mass is 361 g/mol. The van der Waals surface area contributed by atoms with Gasteiger partial charge in [0.15, 0.2) is 0 Å². The number of carbonyl (C=O) groups excluding carboxylic acids is 1. The Morgan fingerprint density at radius 3 is 2.23 bits per heavy atom. The number of primary amides is 1. The van der Waals surface area contributed by atoms with Crippen molar-refractivity contribution in [3.8, 4) is 5.75 Å². The predicted octanol–water partition coefficient (Wildman–Crippen LogP) is 1.68. The smallest absolute Gasteiger partial charge is 0.269 e. The summed E-state index contributed by atoms with van der Waals surface area (Å²) in [6.45, 7) is 0.953. The van der Waals surface area contributed by atoms with E-state index in [1.807, 2.05) is 49.3 Å². The fourth-order valence-corrected chi connectivity index (χ4v) is 1.93. The van der Waals surface area contributed by atoms with Crippen LogP contribution in [0.25, 0.3) is 0 Å². The third-order valence-electron chi connectivity index (χ3n) is 3.12. The predicted molar refractivity (Wildman–Crippen MR) is 98.1 cm³/mol. The Morgan fingerprint density at radius 1 is 1.19 bits per heavy atom. The SMILES string of the molecule is CN(C)CC(O)COc1ccccc1.NC(=O)c1ccc([N+](=O)[O-])cc1. The summed E-state index contributed by atoms with van der Waals surface area (Å²) >= 11 is 0. The highest BCUT2D eigenvalue weighted by atomic mass is 16.6. The Bertz CT molecular complexity index is 657. The molecule has 26 heavy (non-hydrogen) atoms. The van der Waals surface area contributed by atoms with Gasteiger partial charge in [0.25, 0.3) is 5.69 Å². The lowest BCUT2D eigenvalue weighted by molar-refractivity contribution is -0.384. The number of aliphatic hydroxyl groups is 1. The van der Waals surface area contributed by atoms with Gasteiger partial charge in [-0.05, 0) is 38.4 Å². The zero-order valence-corrected chi connectivity index (χ0v) is 14.7. The van der Waals surface area contributed by atoms with Gasteiger partial charge in [-0.1, -0.05) is 18.2 Å². The quantitative estimate of drug-likeness (QED) is 0.572. The summed E-state index contributed by atoms with van der Waals surface area (Å²) in [6, 6.07) is 14.6. The number of hydrogen-bond acceptors (Lipinski definition) is 6. The Kier molecular flexibility index (Phi) is 8.76. The van der Waals surface area contributed by atoms with E-state index in [0.29, 0.717) is 13.2 Å². The molecule has 0 aliphatic rings. The van der Waals surface area contributed by atoms with Crippen LogP contribution in [0.1, 0.15) is 10.4 Å². The van der Waals surface area contributed by atoms with E-state index in [1.165, 1.54) is 24.3 Å². The minimum atomic E-state index is -0.593. The molecule has 0 aliphatic carbocycles. The van der Waals surface area contributed by atoms with Gasteiger partial charge in [0.2, 0.25) is 5.91 Å². The average molecular weight is 361 g/mol. The second-order valence-corrected chi connectivity index (χ2v) is 5.71. The van der Waals surface area contributed by atoms with E-state index in [4.69, 9.17) is 10.5 Å². The number of amides is 1. The summed E-state index contributed by atoms with van der Waals surface area (Å²) in [5.74, 6) is 0.204. The van der Waals surface area contributed by atoms with Crippen LogP contribution in [0.5, 0.6) is 5.75 Å². The zero-order valence-electron chi connectivity index (χ0n) is 14.7. The van der Waals surface area contributed by atoms with Crippen molar-refractivity contribution in [2.24, 2.45) is 5.73 Å². The lowest BCUT2D eigenvalue weighted by Gasteiger charge is -2.16. The van der Waals surface area contributed by atoms with Gasteiger partial charge in [0.05, 0.1) is 4.92 Å². The van der Waals surface area contributed by atoms with Crippen molar-refractivity contribution in [1.82, 2.24) is 4.90 Å². The van der Waals surface area contributed by atoms with Gasteiger partial charge in [-0.15, -0.1) is 0 Å². The molecule has 0 saturated heterocycles. The Hall–Kier alpha value is -2.97. The van der Waals surface area contributed by atoms with Crippen LogP contribution < -0.4 is 10.5 Å². The number of benzene rings is 2. The number of nitro benzene ring substituents is 1. The molecule has 0 heterocycles. The largest absolute Gasteiger partial charge is 0.491 e. The van der Waals surface area contributed by atoms with Crippen LogP contribution in [-0.2, 0) is 0 Å². The maximum absolute atomic E-state index is 10.5. The van der Waals surface area contributed by atoms with Crippen molar-refractivity contribution >= 4 is 11.6 Å². The normalized spacial score (nSPS) is 11.2. The number of nitro groups is 1. The first-order valence-corrected chi connectivity index (χ1v) is 7.84. The Morgan fingerprint density at radius 2 is 1.77 bits per heavy atom. The number of nitrogens with zero attached hydrogens (tertiary/aromatic N) is 2. The number of nitrogens with two attached hydrogens (primary N) is 1. The summed E-state index contributed by atoms with van der Waals surface area (Å²) in [5.41, 5.74) is 5.14. The fraction of sp³-hybridized carbons (Fsp3) is 0.278. The molecular formula is C18H23N3O5. The third-order valence-corrected chi connectivity index (χ3v) is 3.12. The summed E-state index contributed by atoms with van der Waals surface area (Å²) < 4.78 is 5.39. The highest BCUT2D eigenvalue weighted by Crippen LogP contribution is 2.11. The van der Waals surface area contributed by atoms with E-state index in [-0.39, 0.29) is 11.3 Å². The first-order valence-electron chi connectivity index (χ1n) is 7.84. The molecule has 0 bridgehead atoms. The van der Waals surface area contributed by atoms with Gasteiger partial charge >= 0.3 is 0 Å². The van der Waals surface area contributed by atoms with E-state index in [2.05, 4.69) is 0 Å². The molecule has 0 saturated carbocycles. The van der Waals surface area contributed by atoms with Crippen molar-refractivity contribution in [2.45, 2.75) is 6.10 Å². The molecule has 0 radical (unpaired) electrons. The van der Waals surface area contributed by atoms with Crippen LogP contribution >= 0.6 is 0 Å².